The molecule has 3 N–H and O–H groups in total. The molecular formula is C22H21FN4O3S. The van der Waals surface area contributed by atoms with Crippen LogP contribution in [-0.4, -0.2) is 33.5 Å². The molecule has 0 aliphatic carbocycles. The van der Waals surface area contributed by atoms with E-state index < -0.39 is 5.91 Å². The van der Waals surface area contributed by atoms with Crippen LogP contribution in [0.1, 0.15) is 29.0 Å². The van der Waals surface area contributed by atoms with Crippen LogP contribution in [-0.2, 0) is 9.59 Å². The van der Waals surface area contributed by atoms with Crippen molar-refractivity contribution in [3.05, 3.63) is 71.2 Å². The van der Waals surface area contributed by atoms with E-state index in [2.05, 4.69) is 10.4 Å². The lowest BCUT2D eigenvalue weighted by molar-refractivity contribution is -0.120. The Morgan fingerprint density at radius 2 is 1.90 bits per heavy atom. The van der Waals surface area contributed by atoms with Gasteiger partial charge < -0.3 is 15.8 Å². The summed E-state index contributed by atoms with van der Waals surface area (Å²) < 4.78 is 20.4. The number of aryl methyl sites for hydroxylation is 1. The zero-order valence-corrected chi connectivity index (χ0v) is 17.8. The van der Waals surface area contributed by atoms with Crippen molar-refractivity contribution in [3.63, 3.8) is 0 Å². The minimum Gasteiger partial charge on any atom is -0.484 e. The molecule has 0 bridgehead atoms. The first-order valence-electron chi connectivity index (χ1n) is 9.66. The molecule has 0 saturated carbocycles. The number of ether oxygens (including phenoxy) is 1. The molecule has 1 aliphatic heterocycles. The van der Waals surface area contributed by atoms with Gasteiger partial charge in [-0.2, -0.15) is 5.10 Å². The van der Waals surface area contributed by atoms with Crippen LogP contribution in [0.4, 0.5) is 10.2 Å². The molecule has 2 heterocycles. The first-order chi connectivity index (χ1) is 14.8. The van der Waals surface area contributed by atoms with Crippen molar-refractivity contribution < 1.29 is 18.7 Å². The Morgan fingerprint density at radius 1 is 1.23 bits per heavy atom. The van der Waals surface area contributed by atoms with Gasteiger partial charge in [0.2, 0.25) is 5.91 Å². The third-order valence-electron chi connectivity index (χ3n) is 4.96. The Bertz CT molecular complexity index is 1130. The summed E-state index contributed by atoms with van der Waals surface area (Å²) in [7, 11) is 0. The lowest BCUT2D eigenvalue weighted by Gasteiger charge is -2.18. The first-order valence-corrected chi connectivity index (χ1v) is 10.6. The number of benzene rings is 2. The second-order valence-electron chi connectivity index (χ2n) is 7.21. The smallest absolute Gasteiger partial charge is 0.255 e. The number of hydrogen-bond acceptors (Lipinski definition) is 5. The second kappa shape index (κ2) is 8.43. The largest absolute Gasteiger partial charge is 0.484 e. The number of nitrogens with two attached hydrogens (primary N) is 1. The van der Waals surface area contributed by atoms with E-state index in [1.807, 2.05) is 26.0 Å². The predicted octanol–water partition coefficient (Wildman–Crippen LogP) is 3.35. The Hall–Kier alpha value is -3.33. The molecule has 0 saturated heterocycles. The normalized spacial score (nSPS) is 18.1. The number of carbonyl (C=O) groups excluding carboxylic acids is 2. The maximum Gasteiger partial charge on any atom is 0.255 e. The molecule has 7 nitrogen and oxygen atoms in total. The Labute approximate surface area is 182 Å². The van der Waals surface area contributed by atoms with Gasteiger partial charge in [0, 0.05) is 5.56 Å². The molecule has 1 aliphatic rings. The monoisotopic (exact) mass is 440 g/mol. The van der Waals surface area contributed by atoms with Gasteiger partial charge in [0.1, 0.15) is 17.4 Å². The number of aromatic nitrogens is 2. The van der Waals surface area contributed by atoms with E-state index in [1.54, 1.807) is 28.9 Å². The SMILES string of the molecule is Cc1nn(-c2ccc(F)cc2)c2c1C(c1ccc(OCC(N)=O)cc1)SC(C)C(=O)N2. The van der Waals surface area contributed by atoms with Gasteiger partial charge in [0.25, 0.3) is 5.91 Å². The Kier molecular flexibility index (Phi) is 5.69. The van der Waals surface area contributed by atoms with Gasteiger partial charge in [-0.1, -0.05) is 12.1 Å². The summed E-state index contributed by atoms with van der Waals surface area (Å²) in [6.07, 6.45) is 0. The molecule has 2 atom stereocenters. The molecule has 4 rings (SSSR count). The zero-order valence-electron chi connectivity index (χ0n) is 17.0. The molecule has 9 heteroatoms. The molecule has 2 amide bonds. The molecule has 0 radical (unpaired) electrons. The number of amides is 2. The van der Waals surface area contributed by atoms with Crippen molar-refractivity contribution in [1.29, 1.82) is 0 Å². The average Bonchev–Trinajstić information content (AvgIpc) is 2.99. The van der Waals surface area contributed by atoms with Crippen molar-refractivity contribution in [2.24, 2.45) is 5.73 Å². The van der Waals surface area contributed by atoms with Gasteiger partial charge >= 0.3 is 0 Å². The van der Waals surface area contributed by atoms with Crippen molar-refractivity contribution in [2.45, 2.75) is 24.3 Å². The maximum atomic E-state index is 13.4. The van der Waals surface area contributed by atoms with Crippen molar-refractivity contribution in [2.75, 3.05) is 11.9 Å². The van der Waals surface area contributed by atoms with Gasteiger partial charge in [-0.05, 0) is 55.8 Å². The highest BCUT2D eigenvalue weighted by molar-refractivity contribution is 8.01. The average molecular weight is 441 g/mol. The Morgan fingerprint density at radius 3 is 2.55 bits per heavy atom. The van der Waals surface area contributed by atoms with Crippen LogP contribution < -0.4 is 15.8 Å². The molecule has 0 fully saturated rings. The summed E-state index contributed by atoms with van der Waals surface area (Å²) in [6.45, 7) is 3.55. The summed E-state index contributed by atoms with van der Waals surface area (Å²) >= 11 is 1.52. The number of nitrogens with one attached hydrogen (secondary N) is 1. The molecular weight excluding hydrogens is 419 g/mol. The summed E-state index contributed by atoms with van der Waals surface area (Å²) in [6, 6.07) is 13.3. The highest BCUT2D eigenvalue weighted by Crippen LogP contribution is 2.46. The number of anilines is 1. The first kappa shape index (κ1) is 20.9. The van der Waals surface area contributed by atoms with Crippen molar-refractivity contribution in [3.8, 4) is 11.4 Å². The highest BCUT2D eigenvalue weighted by atomic mass is 32.2. The predicted molar refractivity (Wildman–Crippen MR) is 117 cm³/mol. The number of nitrogens with zero attached hydrogens (tertiary/aromatic N) is 2. The maximum absolute atomic E-state index is 13.4. The molecule has 31 heavy (non-hydrogen) atoms. The van der Waals surface area contributed by atoms with Crippen LogP contribution in [0.2, 0.25) is 0 Å². The molecule has 3 aromatic rings. The number of fused-ring (bicyclic) bond motifs is 1. The number of halogens is 1. The summed E-state index contributed by atoms with van der Waals surface area (Å²) in [5.74, 6) is 0.0875. The van der Waals surface area contributed by atoms with E-state index >= 15 is 0 Å². The van der Waals surface area contributed by atoms with E-state index in [-0.39, 0.29) is 28.8 Å². The van der Waals surface area contributed by atoms with Crippen molar-refractivity contribution >= 4 is 29.4 Å². The van der Waals surface area contributed by atoms with Gasteiger partial charge in [0.15, 0.2) is 6.61 Å². The fourth-order valence-electron chi connectivity index (χ4n) is 3.43. The van der Waals surface area contributed by atoms with Gasteiger partial charge in [-0.15, -0.1) is 11.8 Å². The van der Waals surface area contributed by atoms with E-state index in [1.165, 1.54) is 23.9 Å². The van der Waals surface area contributed by atoms with E-state index in [4.69, 9.17) is 10.5 Å². The zero-order chi connectivity index (χ0) is 22.1. The molecule has 2 unspecified atom stereocenters. The van der Waals surface area contributed by atoms with Crippen LogP contribution >= 0.6 is 11.8 Å². The van der Waals surface area contributed by atoms with Gasteiger partial charge in [-0.25, -0.2) is 9.07 Å². The highest BCUT2D eigenvalue weighted by Gasteiger charge is 2.34. The minimum atomic E-state index is -0.546. The molecule has 0 spiro atoms. The summed E-state index contributed by atoms with van der Waals surface area (Å²) in [4.78, 5) is 23.6. The number of primary amides is 1. The van der Waals surface area contributed by atoms with Gasteiger partial charge in [0.05, 0.1) is 21.9 Å². The number of carbonyl (C=O) groups is 2. The number of hydrogen-bond donors (Lipinski definition) is 2. The van der Waals surface area contributed by atoms with E-state index in [0.29, 0.717) is 17.3 Å². The van der Waals surface area contributed by atoms with Crippen LogP contribution in [0, 0.1) is 12.7 Å². The second-order valence-corrected chi connectivity index (χ2v) is 8.66. The van der Waals surface area contributed by atoms with E-state index in [0.717, 1.165) is 16.8 Å². The van der Waals surface area contributed by atoms with Crippen LogP contribution in [0.15, 0.2) is 48.5 Å². The summed E-state index contributed by atoms with van der Waals surface area (Å²) in [5.41, 5.74) is 8.39. The number of thioether (sulfide) groups is 1. The molecule has 2 aromatic carbocycles. The third kappa shape index (κ3) is 4.27. The molecule has 1 aromatic heterocycles. The third-order valence-corrected chi connectivity index (χ3v) is 6.36. The number of rotatable bonds is 5. The van der Waals surface area contributed by atoms with Crippen molar-refractivity contribution in [1.82, 2.24) is 9.78 Å². The lowest BCUT2D eigenvalue weighted by atomic mass is 10.0. The van der Waals surface area contributed by atoms with Gasteiger partial charge in [-0.3, -0.25) is 9.59 Å². The van der Waals surface area contributed by atoms with Crippen LogP contribution in [0.5, 0.6) is 5.75 Å². The molecule has 160 valence electrons. The topological polar surface area (TPSA) is 99.2 Å². The quantitative estimate of drug-likeness (QED) is 0.634. The summed E-state index contributed by atoms with van der Waals surface area (Å²) in [5, 5.41) is 7.15. The Balaban J connectivity index is 1.76. The van der Waals surface area contributed by atoms with Crippen LogP contribution in [0.25, 0.3) is 5.69 Å². The minimum absolute atomic E-state index is 0.126. The van der Waals surface area contributed by atoms with Crippen LogP contribution in [0.3, 0.4) is 0 Å². The fourth-order valence-corrected chi connectivity index (χ4v) is 4.76. The fraction of sp³-hybridized carbons (Fsp3) is 0.227. The standard InChI is InChI=1S/C22H21FN4O3S/c1-12-19-20(14-3-9-17(10-4-14)30-11-18(24)28)31-13(2)22(29)25-21(19)27(26-12)16-7-5-15(23)6-8-16/h3-10,13,20H,11H2,1-2H3,(H2,24,28)(H,25,29). The van der Waals surface area contributed by atoms with E-state index in [9.17, 15) is 14.0 Å². The lowest BCUT2D eigenvalue weighted by Crippen LogP contribution is -2.22.